The molecule has 5 nitrogen and oxygen atoms in total. The molecule has 0 radical (unpaired) electrons. The predicted octanol–water partition coefficient (Wildman–Crippen LogP) is 2.98. The summed E-state index contributed by atoms with van der Waals surface area (Å²) < 4.78 is 5.54. The molecule has 1 saturated heterocycles. The van der Waals surface area contributed by atoms with E-state index in [9.17, 15) is 0 Å². The van der Waals surface area contributed by atoms with Crippen LogP contribution >= 0.6 is 0 Å². The van der Waals surface area contributed by atoms with Gasteiger partial charge in [-0.2, -0.15) is 4.98 Å². The summed E-state index contributed by atoms with van der Waals surface area (Å²) in [7, 11) is 0. The van der Waals surface area contributed by atoms with Gasteiger partial charge in [-0.15, -0.1) is 0 Å². The van der Waals surface area contributed by atoms with Gasteiger partial charge < -0.3 is 4.52 Å². The second-order valence-electron chi connectivity index (χ2n) is 5.84. The maximum absolute atomic E-state index is 5.54. The highest BCUT2D eigenvalue weighted by molar-refractivity contribution is 5.54. The summed E-state index contributed by atoms with van der Waals surface area (Å²) in [6.07, 6.45) is 0. The summed E-state index contributed by atoms with van der Waals surface area (Å²) in [6, 6.07) is 18.6. The van der Waals surface area contributed by atoms with Crippen LogP contribution in [0.15, 0.2) is 59.1 Å². The molecule has 1 aliphatic rings. The van der Waals surface area contributed by atoms with Gasteiger partial charge in [0.2, 0.25) is 11.7 Å². The van der Waals surface area contributed by atoms with Crippen molar-refractivity contribution in [2.24, 2.45) is 0 Å². The standard InChI is InChI=1S/C18H18N4O/c1-12-7-9-14(10-8-12)17-20-18(23-22-17)15-11-19-21-16(15)13-5-3-2-4-6-13/h2-10,15-16,19,21H,11H2,1H3. The van der Waals surface area contributed by atoms with Crippen LogP contribution in [0, 0.1) is 6.92 Å². The van der Waals surface area contributed by atoms with Crippen LogP contribution in [0.5, 0.6) is 0 Å². The highest BCUT2D eigenvalue weighted by Gasteiger charge is 2.33. The van der Waals surface area contributed by atoms with Gasteiger partial charge in [-0.3, -0.25) is 5.43 Å². The van der Waals surface area contributed by atoms with Gasteiger partial charge in [0.15, 0.2) is 0 Å². The van der Waals surface area contributed by atoms with Crippen molar-refractivity contribution in [1.82, 2.24) is 21.0 Å². The largest absolute Gasteiger partial charge is 0.339 e. The third-order valence-electron chi connectivity index (χ3n) is 4.21. The molecule has 2 N–H and O–H groups in total. The fourth-order valence-corrected chi connectivity index (χ4v) is 2.91. The van der Waals surface area contributed by atoms with E-state index in [1.165, 1.54) is 11.1 Å². The van der Waals surface area contributed by atoms with Crippen LogP contribution in [0.1, 0.15) is 29.0 Å². The zero-order chi connectivity index (χ0) is 15.6. The Morgan fingerprint density at radius 3 is 2.61 bits per heavy atom. The van der Waals surface area contributed by atoms with Gasteiger partial charge in [-0.1, -0.05) is 65.3 Å². The molecule has 2 heterocycles. The Labute approximate surface area is 134 Å². The van der Waals surface area contributed by atoms with Crippen molar-refractivity contribution in [2.45, 2.75) is 18.9 Å². The fraction of sp³-hybridized carbons (Fsp3) is 0.222. The Bertz CT molecular complexity index is 782. The molecule has 0 bridgehead atoms. The molecule has 23 heavy (non-hydrogen) atoms. The van der Waals surface area contributed by atoms with Crippen molar-refractivity contribution in [3.05, 3.63) is 71.6 Å². The lowest BCUT2D eigenvalue weighted by Crippen LogP contribution is -2.24. The summed E-state index contributed by atoms with van der Waals surface area (Å²) in [5, 5.41) is 4.15. The Morgan fingerprint density at radius 1 is 1.04 bits per heavy atom. The SMILES string of the molecule is Cc1ccc(-c2noc(C3CNNC3c3ccccc3)n2)cc1. The number of rotatable bonds is 3. The first-order chi connectivity index (χ1) is 11.3. The van der Waals surface area contributed by atoms with Gasteiger partial charge in [0.1, 0.15) is 0 Å². The first-order valence-electron chi connectivity index (χ1n) is 7.75. The van der Waals surface area contributed by atoms with E-state index in [0.717, 1.165) is 12.1 Å². The highest BCUT2D eigenvalue weighted by Crippen LogP contribution is 2.33. The van der Waals surface area contributed by atoms with Crippen LogP contribution in [-0.4, -0.2) is 16.7 Å². The van der Waals surface area contributed by atoms with Crippen LogP contribution in [-0.2, 0) is 0 Å². The van der Waals surface area contributed by atoms with Gasteiger partial charge in [-0.25, -0.2) is 5.43 Å². The monoisotopic (exact) mass is 306 g/mol. The summed E-state index contributed by atoms with van der Waals surface area (Å²) >= 11 is 0. The number of aromatic nitrogens is 2. The van der Waals surface area contributed by atoms with E-state index in [2.05, 4.69) is 52.2 Å². The first-order valence-corrected chi connectivity index (χ1v) is 7.75. The topological polar surface area (TPSA) is 63.0 Å². The summed E-state index contributed by atoms with van der Waals surface area (Å²) in [4.78, 5) is 4.61. The third kappa shape index (κ3) is 2.76. The molecule has 2 aromatic carbocycles. The minimum absolute atomic E-state index is 0.115. The van der Waals surface area contributed by atoms with Crippen molar-refractivity contribution in [3.63, 3.8) is 0 Å². The molecule has 2 unspecified atom stereocenters. The molecule has 4 rings (SSSR count). The average Bonchev–Trinajstić information content (AvgIpc) is 3.25. The second-order valence-corrected chi connectivity index (χ2v) is 5.84. The molecule has 3 aromatic rings. The van der Waals surface area contributed by atoms with Crippen LogP contribution < -0.4 is 10.9 Å². The Balaban J connectivity index is 1.62. The zero-order valence-electron chi connectivity index (χ0n) is 12.9. The van der Waals surface area contributed by atoms with Crippen LogP contribution in [0.2, 0.25) is 0 Å². The van der Waals surface area contributed by atoms with Crippen molar-refractivity contribution >= 4 is 0 Å². The molecule has 0 amide bonds. The van der Waals surface area contributed by atoms with E-state index in [1.807, 2.05) is 30.3 Å². The Kier molecular flexibility index (Phi) is 3.65. The summed E-state index contributed by atoms with van der Waals surface area (Å²) in [6.45, 7) is 2.82. The van der Waals surface area contributed by atoms with Crippen molar-refractivity contribution in [3.8, 4) is 11.4 Å². The lowest BCUT2D eigenvalue weighted by molar-refractivity contribution is 0.347. The second kappa shape index (κ2) is 5.95. The number of nitrogens with zero attached hydrogens (tertiary/aromatic N) is 2. The number of hydrogen-bond donors (Lipinski definition) is 2. The van der Waals surface area contributed by atoms with Crippen molar-refractivity contribution < 1.29 is 4.52 Å². The molecule has 5 heteroatoms. The maximum atomic E-state index is 5.54. The van der Waals surface area contributed by atoms with Gasteiger partial charge in [0.05, 0.1) is 12.0 Å². The normalized spacial score (nSPS) is 20.7. The molecule has 0 aliphatic carbocycles. The first kappa shape index (κ1) is 14.1. The number of nitrogens with one attached hydrogen (secondary N) is 2. The van der Waals surface area contributed by atoms with Gasteiger partial charge in [0, 0.05) is 12.1 Å². The van der Waals surface area contributed by atoms with Crippen LogP contribution in [0.25, 0.3) is 11.4 Å². The fourth-order valence-electron chi connectivity index (χ4n) is 2.91. The number of hydrazine groups is 1. The van der Waals surface area contributed by atoms with Crippen molar-refractivity contribution in [2.75, 3.05) is 6.54 Å². The van der Waals surface area contributed by atoms with E-state index < -0.39 is 0 Å². The molecule has 1 fully saturated rings. The molecule has 2 atom stereocenters. The van der Waals surface area contributed by atoms with E-state index in [0.29, 0.717) is 11.7 Å². The van der Waals surface area contributed by atoms with Crippen LogP contribution in [0.3, 0.4) is 0 Å². The zero-order valence-corrected chi connectivity index (χ0v) is 12.9. The lowest BCUT2D eigenvalue weighted by Gasteiger charge is -2.15. The summed E-state index contributed by atoms with van der Waals surface area (Å²) in [5.41, 5.74) is 9.89. The predicted molar refractivity (Wildman–Crippen MR) is 87.5 cm³/mol. The third-order valence-corrected chi connectivity index (χ3v) is 4.21. The Morgan fingerprint density at radius 2 is 1.83 bits per heavy atom. The van der Waals surface area contributed by atoms with Crippen LogP contribution in [0.4, 0.5) is 0 Å². The van der Waals surface area contributed by atoms with E-state index in [4.69, 9.17) is 4.52 Å². The molecule has 1 aliphatic heterocycles. The number of hydrogen-bond acceptors (Lipinski definition) is 5. The molecular weight excluding hydrogens is 288 g/mol. The molecule has 0 saturated carbocycles. The molecule has 116 valence electrons. The highest BCUT2D eigenvalue weighted by atomic mass is 16.5. The van der Waals surface area contributed by atoms with Crippen molar-refractivity contribution in [1.29, 1.82) is 0 Å². The van der Waals surface area contributed by atoms with Gasteiger partial charge in [0.25, 0.3) is 0 Å². The number of aryl methyl sites for hydroxylation is 1. The van der Waals surface area contributed by atoms with E-state index >= 15 is 0 Å². The Hall–Kier alpha value is -2.50. The average molecular weight is 306 g/mol. The maximum Gasteiger partial charge on any atom is 0.233 e. The minimum Gasteiger partial charge on any atom is -0.339 e. The lowest BCUT2D eigenvalue weighted by atomic mass is 9.95. The molecular formula is C18H18N4O. The minimum atomic E-state index is 0.115. The van der Waals surface area contributed by atoms with E-state index in [-0.39, 0.29) is 12.0 Å². The summed E-state index contributed by atoms with van der Waals surface area (Å²) in [5.74, 6) is 1.41. The van der Waals surface area contributed by atoms with Gasteiger partial charge >= 0.3 is 0 Å². The quantitative estimate of drug-likeness (QED) is 0.779. The smallest absolute Gasteiger partial charge is 0.233 e. The number of benzene rings is 2. The molecule has 1 aromatic heterocycles. The molecule has 0 spiro atoms. The van der Waals surface area contributed by atoms with E-state index in [1.54, 1.807) is 0 Å². The van der Waals surface area contributed by atoms with Gasteiger partial charge in [-0.05, 0) is 12.5 Å².